The highest BCUT2D eigenvalue weighted by Crippen LogP contribution is 2.17. The first-order valence-electron chi connectivity index (χ1n) is 7.79. The van der Waals surface area contributed by atoms with Crippen molar-refractivity contribution in [3.8, 4) is 0 Å². The molecular weight excluding hydrogens is 395 g/mol. The summed E-state index contributed by atoms with van der Waals surface area (Å²) in [5.41, 5.74) is -0.151. The standard InChI is InChI=1S/C15H20F3N3O3S.ClH/c1-10-13(6-3-7-19-10)21-25(23,24)12-5-2-4-11(8-12)14(22)20-9-15(16,17)18;/h2,4-5,8,10,13,19,21H,3,6-7,9H2,1H3,(H,20,22);1H. The lowest BCUT2D eigenvalue weighted by Gasteiger charge is -2.30. The Balaban J connectivity index is 0.00000338. The lowest BCUT2D eigenvalue weighted by atomic mass is 10.0. The number of sulfonamides is 1. The first-order chi connectivity index (χ1) is 11.6. The van der Waals surface area contributed by atoms with Crippen molar-refractivity contribution in [1.82, 2.24) is 15.4 Å². The van der Waals surface area contributed by atoms with Crippen LogP contribution in [0.3, 0.4) is 0 Å². The van der Waals surface area contributed by atoms with Crippen LogP contribution < -0.4 is 15.4 Å². The molecule has 0 aromatic heterocycles. The second-order valence-corrected chi connectivity index (χ2v) is 7.65. The van der Waals surface area contributed by atoms with E-state index in [0.717, 1.165) is 19.0 Å². The second-order valence-electron chi connectivity index (χ2n) is 5.94. The molecule has 1 amide bonds. The molecule has 148 valence electrons. The van der Waals surface area contributed by atoms with Gasteiger partial charge in [0.15, 0.2) is 0 Å². The van der Waals surface area contributed by atoms with Crippen molar-refractivity contribution in [2.75, 3.05) is 13.1 Å². The molecule has 0 radical (unpaired) electrons. The van der Waals surface area contributed by atoms with E-state index in [2.05, 4.69) is 10.0 Å². The van der Waals surface area contributed by atoms with Crippen molar-refractivity contribution in [3.63, 3.8) is 0 Å². The van der Waals surface area contributed by atoms with Crippen molar-refractivity contribution < 1.29 is 26.4 Å². The Morgan fingerprint density at radius 1 is 1.35 bits per heavy atom. The molecule has 0 saturated carbocycles. The summed E-state index contributed by atoms with van der Waals surface area (Å²) in [5, 5.41) is 4.89. The number of halogens is 4. The number of hydrogen-bond donors (Lipinski definition) is 3. The molecule has 26 heavy (non-hydrogen) atoms. The highest BCUT2D eigenvalue weighted by Gasteiger charge is 2.29. The van der Waals surface area contributed by atoms with Crippen LogP contribution in [0.25, 0.3) is 0 Å². The van der Waals surface area contributed by atoms with Gasteiger partial charge in [-0.05, 0) is 44.5 Å². The predicted octanol–water partition coefficient (Wildman–Crippen LogP) is 1.82. The maximum Gasteiger partial charge on any atom is 0.405 e. The van der Waals surface area contributed by atoms with Crippen LogP contribution in [0.1, 0.15) is 30.1 Å². The average molecular weight is 416 g/mol. The number of nitrogens with one attached hydrogen (secondary N) is 3. The molecule has 11 heteroatoms. The minimum atomic E-state index is -4.54. The van der Waals surface area contributed by atoms with E-state index in [9.17, 15) is 26.4 Å². The highest BCUT2D eigenvalue weighted by molar-refractivity contribution is 7.89. The fourth-order valence-electron chi connectivity index (χ4n) is 2.56. The summed E-state index contributed by atoms with van der Waals surface area (Å²) in [6.45, 7) is 1.20. The third-order valence-electron chi connectivity index (χ3n) is 3.92. The summed E-state index contributed by atoms with van der Waals surface area (Å²) in [4.78, 5) is 11.6. The van der Waals surface area contributed by atoms with E-state index in [1.54, 1.807) is 5.32 Å². The molecular formula is C15H21ClF3N3O3S. The van der Waals surface area contributed by atoms with Gasteiger partial charge < -0.3 is 10.6 Å². The Morgan fingerprint density at radius 3 is 2.65 bits per heavy atom. The van der Waals surface area contributed by atoms with Gasteiger partial charge in [0, 0.05) is 17.6 Å². The Morgan fingerprint density at radius 2 is 2.04 bits per heavy atom. The van der Waals surface area contributed by atoms with Crippen molar-refractivity contribution >= 4 is 28.3 Å². The average Bonchev–Trinajstić information content (AvgIpc) is 2.54. The van der Waals surface area contributed by atoms with Crippen LogP contribution in [0.4, 0.5) is 13.2 Å². The Labute approximate surface area is 156 Å². The molecule has 2 atom stereocenters. The minimum Gasteiger partial charge on any atom is -0.343 e. The van der Waals surface area contributed by atoms with E-state index in [4.69, 9.17) is 0 Å². The zero-order valence-corrected chi connectivity index (χ0v) is 15.6. The monoisotopic (exact) mass is 415 g/mol. The molecule has 0 aliphatic carbocycles. The van der Waals surface area contributed by atoms with E-state index < -0.39 is 28.7 Å². The van der Waals surface area contributed by atoms with Crippen molar-refractivity contribution in [2.24, 2.45) is 0 Å². The summed E-state index contributed by atoms with van der Waals surface area (Å²) in [7, 11) is -3.88. The quantitative estimate of drug-likeness (QED) is 0.684. The minimum absolute atomic E-state index is 0. The molecule has 3 N–H and O–H groups in total. The van der Waals surface area contributed by atoms with Gasteiger partial charge in [0.2, 0.25) is 10.0 Å². The number of carbonyl (C=O) groups is 1. The van der Waals surface area contributed by atoms with Crippen LogP contribution >= 0.6 is 12.4 Å². The van der Waals surface area contributed by atoms with Crippen molar-refractivity contribution in [2.45, 2.75) is 42.9 Å². The number of benzene rings is 1. The van der Waals surface area contributed by atoms with Crippen molar-refractivity contribution in [3.05, 3.63) is 29.8 Å². The van der Waals surface area contributed by atoms with Crippen LogP contribution in [-0.2, 0) is 10.0 Å². The molecule has 1 fully saturated rings. The third kappa shape index (κ3) is 6.42. The number of carbonyl (C=O) groups excluding carboxylic acids is 1. The highest BCUT2D eigenvalue weighted by atomic mass is 35.5. The molecule has 1 aromatic rings. The van der Waals surface area contributed by atoms with Crippen LogP contribution in [0.15, 0.2) is 29.2 Å². The van der Waals surface area contributed by atoms with E-state index in [0.29, 0.717) is 6.42 Å². The zero-order valence-electron chi connectivity index (χ0n) is 14.0. The van der Waals surface area contributed by atoms with Crippen LogP contribution in [-0.4, -0.2) is 45.7 Å². The van der Waals surface area contributed by atoms with Crippen LogP contribution in [0.2, 0.25) is 0 Å². The first kappa shape index (κ1) is 22.7. The summed E-state index contributed by atoms with van der Waals surface area (Å²) >= 11 is 0. The summed E-state index contributed by atoms with van der Waals surface area (Å²) in [6.07, 6.45) is -3.03. The Bertz CT molecular complexity index is 728. The van der Waals surface area contributed by atoms with Gasteiger partial charge in [-0.1, -0.05) is 6.07 Å². The van der Waals surface area contributed by atoms with Gasteiger partial charge in [-0.3, -0.25) is 4.79 Å². The molecule has 1 heterocycles. The topological polar surface area (TPSA) is 87.3 Å². The fraction of sp³-hybridized carbons (Fsp3) is 0.533. The van der Waals surface area contributed by atoms with E-state index in [1.165, 1.54) is 18.2 Å². The molecule has 0 spiro atoms. The Kier molecular flexibility index (Phi) is 7.87. The number of rotatable bonds is 5. The summed E-state index contributed by atoms with van der Waals surface area (Å²) < 4.78 is 64.1. The van der Waals surface area contributed by atoms with Gasteiger partial charge >= 0.3 is 6.18 Å². The molecule has 1 aliphatic heterocycles. The number of amides is 1. The number of alkyl halides is 3. The third-order valence-corrected chi connectivity index (χ3v) is 5.41. The fourth-order valence-corrected chi connectivity index (χ4v) is 3.96. The van der Waals surface area contributed by atoms with Crippen LogP contribution in [0, 0.1) is 0 Å². The van der Waals surface area contributed by atoms with Crippen molar-refractivity contribution in [1.29, 1.82) is 0 Å². The Hall–Kier alpha value is -1.36. The van der Waals surface area contributed by atoms with Gasteiger partial charge in [-0.25, -0.2) is 13.1 Å². The molecule has 1 aromatic carbocycles. The maximum atomic E-state index is 12.5. The largest absolute Gasteiger partial charge is 0.405 e. The maximum absolute atomic E-state index is 12.5. The lowest BCUT2D eigenvalue weighted by Crippen LogP contribution is -2.51. The molecule has 6 nitrogen and oxygen atoms in total. The molecule has 0 bridgehead atoms. The second kappa shape index (κ2) is 9.03. The number of piperidine rings is 1. The van der Waals surface area contributed by atoms with Gasteiger partial charge in [-0.2, -0.15) is 13.2 Å². The van der Waals surface area contributed by atoms with E-state index in [1.807, 2.05) is 6.92 Å². The van der Waals surface area contributed by atoms with Crippen LogP contribution in [0.5, 0.6) is 0 Å². The van der Waals surface area contributed by atoms with Gasteiger partial charge in [0.05, 0.1) is 4.90 Å². The van der Waals surface area contributed by atoms with Gasteiger partial charge in [-0.15, -0.1) is 12.4 Å². The molecule has 1 aliphatic rings. The van der Waals surface area contributed by atoms with E-state index in [-0.39, 0.29) is 34.9 Å². The number of hydrogen-bond acceptors (Lipinski definition) is 4. The predicted molar refractivity (Wildman–Crippen MR) is 92.9 cm³/mol. The molecule has 2 unspecified atom stereocenters. The molecule has 1 saturated heterocycles. The lowest BCUT2D eigenvalue weighted by molar-refractivity contribution is -0.123. The SMILES string of the molecule is CC1NCCCC1NS(=O)(=O)c1cccc(C(=O)NCC(F)(F)F)c1.Cl. The van der Waals surface area contributed by atoms with Gasteiger partial charge in [0.25, 0.3) is 5.91 Å². The summed E-state index contributed by atoms with van der Waals surface area (Å²) in [5.74, 6) is -0.984. The summed E-state index contributed by atoms with van der Waals surface area (Å²) in [6, 6.07) is 4.61. The first-order valence-corrected chi connectivity index (χ1v) is 9.27. The smallest absolute Gasteiger partial charge is 0.343 e. The van der Waals surface area contributed by atoms with Gasteiger partial charge in [0.1, 0.15) is 6.54 Å². The molecule has 2 rings (SSSR count). The van der Waals surface area contributed by atoms with E-state index >= 15 is 0 Å². The zero-order chi connectivity index (χ0) is 18.7. The normalized spacial score (nSPS) is 20.9.